The Hall–Kier alpha value is -4.92. The highest BCUT2D eigenvalue weighted by atomic mass is 16.5. The fourth-order valence-corrected chi connectivity index (χ4v) is 5.60. The molecule has 1 aromatic heterocycles. The number of rotatable bonds is 10. The van der Waals surface area contributed by atoms with Crippen LogP contribution < -0.4 is 16.2 Å². The van der Waals surface area contributed by atoms with E-state index >= 15 is 0 Å². The van der Waals surface area contributed by atoms with Crippen LogP contribution >= 0.6 is 0 Å². The van der Waals surface area contributed by atoms with E-state index in [-0.39, 0.29) is 25.0 Å². The third-order valence-electron chi connectivity index (χ3n) is 7.71. The lowest BCUT2D eigenvalue weighted by molar-refractivity contribution is -0.133. The number of aryl methyl sites for hydroxylation is 3. The van der Waals surface area contributed by atoms with Crippen molar-refractivity contribution in [3.8, 4) is 5.75 Å². The van der Waals surface area contributed by atoms with Crippen LogP contribution in [0.1, 0.15) is 72.3 Å². The zero-order chi connectivity index (χ0) is 29.8. The first-order chi connectivity index (χ1) is 20.2. The van der Waals surface area contributed by atoms with Gasteiger partial charge in [-0.05, 0) is 72.4 Å². The predicted octanol–water partition coefficient (Wildman–Crippen LogP) is 4.22. The highest BCUT2D eigenvalue weighted by Gasteiger charge is 2.34. The van der Waals surface area contributed by atoms with Crippen LogP contribution in [0.25, 0.3) is 0 Å². The summed E-state index contributed by atoms with van der Waals surface area (Å²) in [5, 5.41) is 0. The van der Waals surface area contributed by atoms with E-state index < -0.39 is 11.8 Å². The van der Waals surface area contributed by atoms with Gasteiger partial charge >= 0.3 is 0 Å². The molecule has 4 aromatic rings. The lowest BCUT2D eigenvalue weighted by Gasteiger charge is -2.39. The second kappa shape index (κ2) is 12.3. The quantitative estimate of drug-likeness (QED) is 0.294. The SMILES string of the molecule is Cc1ccc(C2c3cc(OCCc4cccc(C(N)=O)c4)c(C(N)=O)cc3CCN2C(=O)CCc2cocn2)c(C)c1. The number of carbonyl (C=O) groups is 3. The van der Waals surface area contributed by atoms with Crippen LogP contribution in [0.15, 0.2) is 71.7 Å². The van der Waals surface area contributed by atoms with Gasteiger partial charge in [0.25, 0.3) is 5.91 Å². The third-order valence-corrected chi connectivity index (χ3v) is 7.71. The molecule has 0 spiro atoms. The van der Waals surface area contributed by atoms with Gasteiger partial charge in [0.2, 0.25) is 11.8 Å². The predicted molar refractivity (Wildman–Crippen MR) is 157 cm³/mol. The topological polar surface area (TPSA) is 142 Å². The zero-order valence-corrected chi connectivity index (χ0v) is 23.8. The van der Waals surface area contributed by atoms with E-state index in [1.165, 1.54) is 6.39 Å². The Morgan fingerprint density at radius 1 is 1.00 bits per heavy atom. The fourth-order valence-electron chi connectivity index (χ4n) is 5.60. The van der Waals surface area contributed by atoms with E-state index in [1.54, 1.807) is 30.5 Å². The van der Waals surface area contributed by atoms with Crippen LogP contribution in [0.5, 0.6) is 5.75 Å². The molecule has 3 amide bonds. The van der Waals surface area contributed by atoms with Crippen LogP contribution in [-0.2, 0) is 24.1 Å². The van der Waals surface area contributed by atoms with E-state index in [4.69, 9.17) is 20.6 Å². The number of amides is 3. The summed E-state index contributed by atoms with van der Waals surface area (Å²) >= 11 is 0. The first kappa shape index (κ1) is 28.6. The van der Waals surface area contributed by atoms with Crippen molar-refractivity contribution < 1.29 is 23.5 Å². The number of aromatic nitrogens is 1. The Labute approximate surface area is 244 Å². The zero-order valence-electron chi connectivity index (χ0n) is 23.8. The number of fused-ring (bicyclic) bond motifs is 1. The average molecular weight is 567 g/mol. The first-order valence-electron chi connectivity index (χ1n) is 13.9. The van der Waals surface area contributed by atoms with E-state index in [1.807, 2.05) is 36.9 Å². The van der Waals surface area contributed by atoms with Gasteiger partial charge in [0.1, 0.15) is 12.0 Å². The van der Waals surface area contributed by atoms with Crippen molar-refractivity contribution in [1.82, 2.24) is 9.88 Å². The van der Waals surface area contributed by atoms with Gasteiger partial charge in [-0.1, -0.05) is 35.9 Å². The van der Waals surface area contributed by atoms with E-state index in [9.17, 15) is 14.4 Å². The molecule has 0 fully saturated rings. The standard InChI is InChI=1S/C33H34N4O5/c1-20-6-8-26(21(2)14-20)31-27-17-29(42-13-11-22-4-3-5-24(15-22)32(34)39)28(33(35)40)16-23(27)10-12-37(31)30(38)9-7-25-18-41-19-36-25/h3-6,8,14-19,31H,7,9-13H2,1-2H3,(H2,34,39)(H2,35,40). The molecule has 42 heavy (non-hydrogen) atoms. The third kappa shape index (κ3) is 6.20. The van der Waals surface area contributed by atoms with Crippen LogP contribution in [0.3, 0.4) is 0 Å². The fraction of sp³-hybridized carbons (Fsp3) is 0.273. The molecule has 1 unspecified atom stereocenters. The monoisotopic (exact) mass is 566 g/mol. The number of hydrogen-bond donors (Lipinski definition) is 2. The molecular formula is C33H34N4O5. The van der Waals surface area contributed by atoms with Gasteiger partial charge < -0.3 is 25.5 Å². The number of carbonyl (C=O) groups excluding carboxylic acids is 3. The molecule has 4 N–H and O–H groups in total. The van der Waals surface area contributed by atoms with Crippen LogP contribution in [0.2, 0.25) is 0 Å². The highest BCUT2D eigenvalue weighted by Crippen LogP contribution is 2.40. The summed E-state index contributed by atoms with van der Waals surface area (Å²) in [6, 6.07) is 16.6. The summed E-state index contributed by atoms with van der Waals surface area (Å²) in [6.45, 7) is 4.83. The molecule has 1 aliphatic heterocycles. The Balaban J connectivity index is 1.48. The van der Waals surface area contributed by atoms with Gasteiger partial charge in [0.15, 0.2) is 6.39 Å². The molecular weight excluding hydrogens is 532 g/mol. The summed E-state index contributed by atoms with van der Waals surface area (Å²) in [4.78, 5) is 43.8. The first-order valence-corrected chi connectivity index (χ1v) is 13.9. The number of benzene rings is 3. The van der Waals surface area contributed by atoms with Crippen molar-refractivity contribution in [1.29, 1.82) is 0 Å². The molecule has 3 aromatic carbocycles. The van der Waals surface area contributed by atoms with Crippen molar-refractivity contribution in [2.24, 2.45) is 11.5 Å². The number of hydrogen-bond acceptors (Lipinski definition) is 6. The number of ether oxygens (including phenoxy) is 1. The minimum Gasteiger partial charge on any atom is -0.492 e. The van der Waals surface area contributed by atoms with Gasteiger partial charge in [0.05, 0.1) is 23.9 Å². The summed E-state index contributed by atoms with van der Waals surface area (Å²) in [5.41, 5.74) is 18.6. The molecule has 5 rings (SSSR count). The Morgan fingerprint density at radius 3 is 2.55 bits per heavy atom. The minimum absolute atomic E-state index is 0.00408. The Bertz CT molecular complexity index is 1630. The molecule has 9 heteroatoms. The maximum atomic E-state index is 13.7. The van der Waals surface area contributed by atoms with Gasteiger partial charge in [0, 0.05) is 31.4 Å². The molecule has 0 bridgehead atoms. The van der Waals surface area contributed by atoms with E-state index in [2.05, 4.69) is 17.1 Å². The van der Waals surface area contributed by atoms with E-state index in [0.29, 0.717) is 42.7 Å². The molecule has 1 aliphatic rings. The van der Waals surface area contributed by atoms with Crippen molar-refractivity contribution in [2.45, 2.75) is 45.6 Å². The van der Waals surface area contributed by atoms with E-state index in [0.717, 1.165) is 39.1 Å². The average Bonchev–Trinajstić information content (AvgIpc) is 3.49. The number of nitrogens with zero attached hydrogens (tertiary/aromatic N) is 2. The lowest BCUT2D eigenvalue weighted by Crippen LogP contribution is -2.41. The summed E-state index contributed by atoms with van der Waals surface area (Å²) in [6.07, 6.45) is 4.75. The highest BCUT2D eigenvalue weighted by molar-refractivity contribution is 5.96. The Morgan fingerprint density at radius 2 is 1.83 bits per heavy atom. The van der Waals surface area contributed by atoms with Crippen molar-refractivity contribution in [3.05, 3.63) is 117 Å². The van der Waals surface area contributed by atoms with Gasteiger partial charge in [-0.25, -0.2) is 4.98 Å². The van der Waals surface area contributed by atoms with Crippen LogP contribution in [-0.4, -0.2) is 40.8 Å². The summed E-state index contributed by atoms with van der Waals surface area (Å²) in [7, 11) is 0. The molecule has 1 atom stereocenters. The lowest BCUT2D eigenvalue weighted by atomic mass is 9.84. The largest absolute Gasteiger partial charge is 0.492 e. The number of nitrogens with two attached hydrogens (primary N) is 2. The van der Waals surface area contributed by atoms with Crippen molar-refractivity contribution in [3.63, 3.8) is 0 Å². The molecule has 2 heterocycles. The molecule has 9 nitrogen and oxygen atoms in total. The maximum Gasteiger partial charge on any atom is 0.252 e. The normalized spacial score (nSPS) is 14.3. The van der Waals surface area contributed by atoms with Gasteiger partial charge in [-0.2, -0.15) is 0 Å². The molecule has 0 saturated heterocycles. The maximum absolute atomic E-state index is 13.7. The molecule has 0 saturated carbocycles. The Kier molecular flexibility index (Phi) is 8.38. The summed E-state index contributed by atoms with van der Waals surface area (Å²) in [5.74, 6) is -0.720. The van der Waals surface area contributed by atoms with Crippen molar-refractivity contribution >= 4 is 17.7 Å². The molecule has 0 aliphatic carbocycles. The molecule has 0 radical (unpaired) electrons. The second-order valence-electron chi connectivity index (χ2n) is 10.7. The number of oxazole rings is 1. The minimum atomic E-state index is -0.585. The van der Waals surface area contributed by atoms with Crippen LogP contribution in [0, 0.1) is 13.8 Å². The molecule has 216 valence electrons. The van der Waals surface area contributed by atoms with Crippen LogP contribution in [0.4, 0.5) is 0 Å². The van der Waals surface area contributed by atoms with Gasteiger partial charge in [-0.3, -0.25) is 14.4 Å². The summed E-state index contributed by atoms with van der Waals surface area (Å²) < 4.78 is 11.2. The number of primary amides is 2. The van der Waals surface area contributed by atoms with Gasteiger partial charge in [-0.15, -0.1) is 0 Å². The van der Waals surface area contributed by atoms with Crippen molar-refractivity contribution in [2.75, 3.05) is 13.2 Å². The smallest absolute Gasteiger partial charge is 0.252 e. The second-order valence-corrected chi connectivity index (χ2v) is 10.7.